The molecule has 1 N–H and O–H groups in total. The largest absolute Gasteiger partial charge is 0.460 e. The van der Waals surface area contributed by atoms with Crippen LogP contribution in [-0.2, 0) is 26.2 Å². The van der Waals surface area contributed by atoms with Gasteiger partial charge in [-0.2, -0.15) is 4.72 Å². The SMILES string of the molecule is Cc1ccc(S(=O)(=O)N[C@H](C(=O)OCc2ccccc2)C(C)(C)C)cc1. The topological polar surface area (TPSA) is 72.5 Å². The first-order valence-corrected chi connectivity index (χ1v) is 9.87. The first-order valence-electron chi connectivity index (χ1n) is 8.39. The minimum absolute atomic E-state index is 0.0957. The van der Waals surface area contributed by atoms with Crippen molar-refractivity contribution in [3.05, 3.63) is 65.7 Å². The number of carbonyl (C=O) groups excluding carboxylic acids is 1. The average Bonchev–Trinajstić information content (AvgIpc) is 2.58. The smallest absolute Gasteiger partial charge is 0.325 e. The summed E-state index contributed by atoms with van der Waals surface area (Å²) in [6.07, 6.45) is 0. The van der Waals surface area contributed by atoms with Gasteiger partial charge in [0.05, 0.1) is 4.90 Å². The predicted molar refractivity (Wildman–Crippen MR) is 101 cm³/mol. The molecule has 6 heteroatoms. The normalized spacial score (nSPS) is 13.2. The Morgan fingerprint density at radius 1 is 1.04 bits per heavy atom. The molecule has 0 amide bonds. The second-order valence-electron chi connectivity index (χ2n) is 7.33. The van der Waals surface area contributed by atoms with E-state index in [0.717, 1.165) is 11.1 Å². The van der Waals surface area contributed by atoms with E-state index < -0.39 is 27.4 Å². The number of nitrogens with one attached hydrogen (secondary N) is 1. The molecule has 1 atom stereocenters. The van der Waals surface area contributed by atoms with Crippen LogP contribution in [0.15, 0.2) is 59.5 Å². The van der Waals surface area contributed by atoms with Crippen molar-refractivity contribution in [3.63, 3.8) is 0 Å². The van der Waals surface area contributed by atoms with Gasteiger partial charge >= 0.3 is 5.97 Å². The summed E-state index contributed by atoms with van der Waals surface area (Å²) in [4.78, 5) is 12.7. The van der Waals surface area contributed by atoms with Gasteiger partial charge in [0.25, 0.3) is 0 Å². The Labute approximate surface area is 155 Å². The van der Waals surface area contributed by atoms with Crippen LogP contribution < -0.4 is 4.72 Å². The van der Waals surface area contributed by atoms with Gasteiger partial charge in [0.15, 0.2) is 0 Å². The molecule has 0 saturated carbocycles. The van der Waals surface area contributed by atoms with E-state index in [4.69, 9.17) is 4.74 Å². The molecular weight excluding hydrogens is 350 g/mol. The molecule has 2 aromatic rings. The number of ether oxygens (including phenoxy) is 1. The van der Waals surface area contributed by atoms with E-state index in [9.17, 15) is 13.2 Å². The molecule has 5 nitrogen and oxygen atoms in total. The van der Waals surface area contributed by atoms with Crippen LogP contribution >= 0.6 is 0 Å². The van der Waals surface area contributed by atoms with E-state index in [-0.39, 0.29) is 11.5 Å². The van der Waals surface area contributed by atoms with Crippen LogP contribution in [0, 0.1) is 12.3 Å². The van der Waals surface area contributed by atoms with Crippen molar-refractivity contribution in [2.45, 2.75) is 45.2 Å². The van der Waals surface area contributed by atoms with Crippen LogP contribution in [0.25, 0.3) is 0 Å². The van der Waals surface area contributed by atoms with Crippen molar-refractivity contribution in [2.24, 2.45) is 5.41 Å². The number of sulfonamides is 1. The number of esters is 1. The second-order valence-corrected chi connectivity index (χ2v) is 9.04. The van der Waals surface area contributed by atoms with E-state index in [1.807, 2.05) is 37.3 Å². The zero-order valence-electron chi connectivity index (χ0n) is 15.5. The quantitative estimate of drug-likeness (QED) is 0.785. The van der Waals surface area contributed by atoms with Gasteiger partial charge in [-0.15, -0.1) is 0 Å². The van der Waals surface area contributed by atoms with Crippen LogP contribution in [0.5, 0.6) is 0 Å². The molecule has 26 heavy (non-hydrogen) atoms. The van der Waals surface area contributed by atoms with Gasteiger partial charge in [-0.1, -0.05) is 68.8 Å². The van der Waals surface area contributed by atoms with Gasteiger partial charge < -0.3 is 4.74 Å². The Morgan fingerprint density at radius 3 is 2.15 bits per heavy atom. The molecule has 0 spiro atoms. The van der Waals surface area contributed by atoms with Gasteiger partial charge in [-0.25, -0.2) is 8.42 Å². The molecule has 0 heterocycles. The van der Waals surface area contributed by atoms with Gasteiger partial charge in [0.2, 0.25) is 10.0 Å². The summed E-state index contributed by atoms with van der Waals surface area (Å²) in [6, 6.07) is 14.7. The lowest BCUT2D eigenvalue weighted by molar-refractivity contribution is -0.149. The third kappa shape index (κ3) is 5.41. The number of rotatable bonds is 6. The molecule has 0 saturated heterocycles. The van der Waals surface area contributed by atoms with Gasteiger partial charge in [0.1, 0.15) is 12.6 Å². The fourth-order valence-corrected chi connectivity index (χ4v) is 3.72. The molecule has 140 valence electrons. The maximum Gasteiger partial charge on any atom is 0.325 e. The first-order chi connectivity index (χ1) is 12.1. The van der Waals surface area contributed by atoms with Crippen molar-refractivity contribution in [2.75, 3.05) is 0 Å². The van der Waals surface area contributed by atoms with E-state index in [1.165, 1.54) is 12.1 Å². The molecule has 0 aliphatic heterocycles. The third-order valence-corrected chi connectivity index (χ3v) is 5.37. The number of benzene rings is 2. The zero-order chi connectivity index (χ0) is 19.4. The molecular formula is C20H25NO4S. The van der Waals surface area contributed by atoms with Gasteiger partial charge in [-0.3, -0.25) is 4.79 Å². The fourth-order valence-electron chi connectivity index (χ4n) is 2.33. The van der Waals surface area contributed by atoms with Crippen LogP contribution in [0.1, 0.15) is 31.9 Å². The Bertz CT molecular complexity index is 838. The summed E-state index contributed by atoms with van der Waals surface area (Å²) in [5.74, 6) is -0.600. The molecule has 2 aromatic carbocycles. The van der Waals surface area contributed by atoms with Crippen molar-refractivity contribution in [1.29, 1.82) is 0 Å². The highest BCUT2D eigenvalue weighted by Gasteiger charge is 2.36. The molecule has 0 aliphatic carbocycles. The molecule has 0 aromatic heterocycles. The number of carbonyl (C=O) groups is 1. The summed E-state index contributed by atoms with van der Waals surface area (Å²) in [5.41, 5.74) is 1.15. The maximum absolute atomic E-state index is 12.7. The standard InChI is InChI=1S/C20H25NO4S/c1-15-10-12-17(13-11-15)26(23,24)21-18(20(2,3)4)19(22)25-14-16-8-6-5-7-9-16/h5-13,18,21H,14H2,1-4H3/t18-/m1/s1. The Kier molecular flexibility index (Phi) is 6.21. The van der Waals surface area contributed by atoms with Crippen LogP contribution in [0.3, 0.4) is 0 Å². The summed E-state index contributed by atoms with van der Waals surface area (Å²) in [6.45, 7) is 7.35. The molecule has 2 rings (SSSR count). The van der Waals surface area contributed by atoms with E-state index in [2.05, 4.69) is 4.72 Å². The van der Waals surface area contributed by atoms with Crippen molar-refractivity contribution >= 4 is 16.0 Å². The van der Waals surface area contributed by atoms with Crippen LogP contribution in [0.2, 0.25) is 0 Å². The highest BCUT2D eigenvalue weighted by molar-refractivity contribution is 7.89. The Morgan fingerprint density at radius 2 is 1.62 bits per heavy atom. The number of hydrogen-bond acceptors (Lipinski definition) is 4. The minimum atomic E-state index is -3.84. The monoisotopic (exact) mass is 375 g/mol. The fraction of sp³-hybridized carbons (Fsp3) is 0.350. The Hall–Kier alpha value is -2.18. The summed E-state index contributed by atoms with van der Waals surface area (Å²) in [5, 5.41) is 0. The summed E-state index contributed by atoms with van der Waals surface area (Å²) in [7, 11) is -3.84. The lowest BCUT2D eigenvalue weighted by atomic mass is 9.87. The molecule has 0 radical (unpaired) electrons. The van der Waals surface area contributed by atoms with Gasteiger partial charge in [-0.05, 0) is 30.0 Å². The molecule has 0 fully saturated rings. The number of hydrogen-bond donors (Lipinski definition) is 1. The highest BCUT2D eigenvalue weighted by atomic mass is 32.2. The van der Waals surface area contributed by atoms with Crippen LogP contribution in [-0.4, -0.2) is 20.4 Å². The average molecular weight is 375 g/mol. The lowest BCUT2D eigenvalue weighted by Crippen LogP contribution is -2.49. The van der Waals surface area contributed by atoms with Crippen LogP contribution in [0.4, 0.5) is 0 Å². The first kappa shape index (κ1) is 20.1. The van der Waals surface area contributed by atoms with Crippen molar-refractivity contribution in [3.8, 4) is 0 Å². The van der Waals surface area contributed by atoms with E-state index in [0.29, 0.717) is 0 Å². The molecule has 0 unspecified atom stereocenters. The van der Waals surface area contributed by atoms with Crippen molar-refractivity contribution in [1.82, 2.24) is 4.72 Å². The molecule has 0 bridgehead atoms. The minimum Gasteiger partial charge on any atom is -0.460 e. The maximum atomic E-state index is 12.7. The predicted octanol–water partition coefficient (Wildman–Crippen LogP) is 3.43. The third-order valence-electron chi connectivity index (χ3n) is 3.93. The number of aryl methyl sites for hydroxylation is 1. The Balaban J connectivity index is 2.16. The summed E-state index contributed by atoms with van der Waals surface area (Å²) < 4.78 is 33.2. The highest BCUT2D eigenvalue weighted by Crippen LogP contribution is 2.23. The lowest BCUT2D eigenvalue weighted by Gasteiger charge is -2.29. The zero-order valence-corrected chi connectivity index (χ0v) is 16.3. The summed E-state index contributed by atoms with van der Waals surface area (Å²) >= 11 is 0. The van der Waals surface area contributed by atoms with E-state index in [1.54, 1.807) is 32.9 Å². The van der Waals surface area contributed by atoms with Crippen molar-refractivity contribution < 1.29 is 17.9 Å². The van der Waals surface area contributed by atoms with Gasteiger partial charge in [0, 0.05) is 0 Å². The second kappa shape index (κ2) is 8.01. The van der Waals surface area contributed by atoms with E-state index >= 15 is 0 Å². The molecule has 0 aliphatic rings.